The van der Waals surface area contributed by atoms with Crippen LogP contribution in [0.5, 0.6) is 0 Å². The maximum absolute atomic E-state index is 12.6. The van der Waals surface area contributed by atoms with Gasteiger partial charge in [0.2, 0.25) is 0 Å². The van der Waals surface area contributed by atoms with Gasteiger partial charge in [0.15, 0.2) is 0 Å². The van der Waals surface area contributed by atoms with E-state index >= 15 is 0 Å². The molecule has 3 nitrogen and oxygen atoms in total. The van der Waals surface area contributed by atoms with Crippen LogP contribution in [0.2, 0.25) is 0 Å². The number of nitrogens with two attached hydrogens (primary N) is 1. The normalized spacial score (nSPS) is 31.6. The minimum atomic E-state index is -3.02. The Morgan fingerprint density at radius 2 is 2.08 bits per heavy atom. The highest BCUT2D eigenvalue weighted by Gasteiger charge is 2.75. The van der Waals surface area contributed by atoms with Gasteiger partial charge in [-0.05, 0) is 19.4 Å². The van der Waals surface area contributed by atoms with Crippen molar-refractivity contribution >= 4 is 5.97 Å². The first-order chi connectivity index (χ1) is 5.46. The van der Waals surface area contributed by atoms with Gasteiger partial charge in [-0.3, -0.25) is 4.79 Å². The number of carbonyl (C=O) groups is 1. The van der Waals surface area contributed by atoms with Crippen LogP contribution in [0.15, 0.2) is 0 Å². The lowest BCUT2D eigenvalue weighted by Gasteiger charge is -2.09. The number of alkyl halides is 2. The zero-order valence-electron chi connectivity index (χ0n) is 6.52. The van der Waals surface area contributed by atoms with Crippen LogP contribution in [0.4, 0.5) is 8.78 Å². The average Bonchev–Trinajstić information content (AvgIpc) is 2.51. The van der Waals surface area contributed by atoms with Gasteiger partial charge in [0.05, 0.1) is 0 Å². The minimum absolute atomic E-state index is 0.0220. The molecule has 0 aromatic carbocycles. The Morgan fingerprint density at radius 1 is 1.58 bits per heavy atom. The van der Waals surface area contributed by atoms with Crippen molar-refractivity contribution in [3.63, 3.8) is 0 Å². The second kappa shape index (κ2) is 2.65. The molecule has 0 bridgehead atoms. The summed E-state index contributed by atoms with van der Waals surface area (Å²) in [4.78, 5) is 10.5. The van der Waals surface area contributed by atoms with Gasteiger partial charge in [0, 0.05) is 6.42 Å². The largest absolute Gasteiger partial charge is 0.481 e. The topological polar surface area (TPSA) is 63.3 Å². The molecular weight excluding hydrogens is 168 g/mol. The van der Waals surface area contributed by atoms with Gasteiger partial charge in [0.25, 0.3) is 5.92 Å². The summed E-state index contributed by atoms with van der Waals surface area (Å²) in [6, 6.07) is 0. The molecule has 1 aliphatic carbocycles. The van der Waals surface area contributed by atoms with Crippen molar-refractivity contribution in [1.29, 1.82) is 0 Å². The minimum Gasteiger partial charge on any atom is -0.481 e. The summed E-state index contributed by atoms with van der Waals surface area (Å²) >= 11 is 0. The maximum atomic E-state index is 12.6. The molecule has 12 heavy (non-hydrogen) atoms. The molecule has 0 radical (unpaired) electrons. The standard InChI is InChI=1S/C7H11F2NO2/c8-7(9)4-6(7,5(11)12)2-1-3-10/h1-4,10H2,(H,11,12). The predicted octanol–water partition coefficient (Wildman–Crippen LogP) is 0.835. The lowest BCUT2D eigenvalue weighted by molar-refractivity contribution is -0.148. The van der Waals surface area contributed by atoms with Crippen molar-refractivity contribution < 1.29 is 18.7 Å². The number of halogens is 2. The van der Waals surface area contributed by atoms with E-state index in [1.54, 1.807) is 0 Å². The van der Waals surface area contributed by atoms with E-state index < -0.39 is 23.7 Å². The Balaban J connectivity index is 2.60. The zero-order chi connectivity index (χ0) is 9.41. The van der Waals surface area contributed by atoms with Crippen LogP contribution in [-0.4, -0.2) is 23.5 Å². The first-order valence-electron chi connectivity index (χ1n) is 3.77. The molecule has 0 amide bonds. The molecule has 1 atom stereocenters. The third kappa shape index (κ3) is 1.18. The van der Waals surface area contributed by atoms with E-state index in [9.17, 15) is 13.6 Å². The summed E-state index contributed by atoms with van der Waals surface area (Å²) in [7, 11) is 0. The molecule has 1 unspecified atom stereocenters. The summed E-state index contributed by atoms with van der Waals surface area (Å²) in [6.45, 7) is 0.255. The Hall–Kier alpha value is -0.710. The summed E-state index contributed by atoms with van der Waals surface area (Å²) in [6.07, 6.45) is -0.219. The number of hydrogen-bond donors (Lipinski definition) is 2. The van der Waals surface area contributed by atoms with Gasteiger partial charge in [-0.25, -0.2) is 8.78 Å². The quantitative estimate of drug-likeness (QED) is 0.672. The lowest BCUT2D eigenvalue weighted by Crippen LogP contribution is -2.23. The molecule has 0 saturated heterocycles. The second-order valence-electron chi connectivity index (χ2n) is 3.16. The molecule has 0 aromatic heterocycles. The van der Waals surface area contributed by atoms with E-state index in [1.807, 2.05) is 0 Å². The number of aliphatic carboxylic acids is 1. The van der Waals surface area contributed by atoms with Gasteiger partial charge in [-0.1, -0.05) is 0 Å². The SMILES string of the molecule is NCCCC1(C(=O)O)CC1(F)F. The monoisotopic (exact) mass is 179 g/mol. The molecule has 0 spiro atoms. The van der Waals surface area contributed by atoms with Crippen LogP contribution < -0.4 is 5.73 Å². The highest BCUT2D eigenvalue weighted by atomic mass is 19.3. The molecule has 70 valence electrons. The third-order valence-electron chi connectivity index (χ3n) is 2.32. The van der Waals surface area contributed by atoms with Gasteiger partial charge >= 0.3 is 5.97 Å². The Labute approximate surface area is 68.5 Å². The molecule has 1 aliphatic rings. The van der Waals surface area contributed by atoms with Crippen LogP contribution >= 0.6 is 0 Å². The number of hydrogen-bond acceptors (Lipinski definition) is 2. The molecule has 0 aliphatic heterocycles. The fourth-order valence-corrected chi connectivity index (χ4v) is 1.35. The molecule has 0 aromatic rings. The van der Waals surface area contributed by atoms with Gasteiger partial charge in [-0.15, -0.1) is 0 Å². The molecule has 1 saturated carbocycles. The van der Waals surface area contributed by atoms with Crippen LogP contribution in [0.25, 0.3) is 0 Å². The Bertz CT molecular complexity index is 208. The summed E-state index contributed by atoms with van der Waals surface area (Å²) < 4.78 is 25.2. The van der Waals surface area contributed by atoms with Crippen LogP contribution in [0, 0.1) is 5.41 Å². The van der Waals surface area contributed by atoms with Crippen LogP contribution in [0.1, 0.15) is 19.3 Å². The van der Waals surface area contributed by atoms with Gasteiger partial charge < -0.3 is 10.8 Å². The fourth-order valence-electron chi connectivity index (χ4n) is 1.35. The third-order valence-corrected chi connectivity index (χ3v) is 2.32. The zero-order valence-corrected chi connectivity index (χ0v) is 6.52. The molecule has 5 heteroatoms. The van der Waals surface area contributed by atoms with E-state index in [4.69, 9.17) is 10.8 Å². The Morgan fingerprint density at radius 3 is 2.33 bits per heavy atom. The van der Waals surface area contributed by atoms with E-state index in [-0.39, 0.29) is 13.0 Å². The Kier molecular flexibility index (Phi) is 2.07. The number of rotatable bonds is 4. The predicted molar refractivity (Wildman–Crippen MR) is 37.9 cm³/mol. The smallest absolute Gasteiger partial charge is 0.316 e. The highest BCUT2D eigenvalue weighted by Crippen LogP contribution is 2.63. The number of carboxylic acid groups (broad SMARTS) is 1. The van der Waals surface area contributed by atoms with E-state index in [1.165, 1.54) is 0 Å². The van der Waals surface area contributed by atoms with Crippen molar-refractivity contribution in [1.82, 2.24) is 0 Å². The molecule has 1 rings (SSSR count). The summed E-state index contributed by atoms with van der Waals surface area (Å²) in [5.74, 6) is -4.42. The van der Waals surface area contributed by atoms with Crippen molar-refractivity contribution in [2.45, 2.75) is 25.2 Å². The van der Waals surface area contributed by atoms with Crippen LogP contribution in [-0.2, 0) is 4.79 Å². The van der Waals surface area contributed by atoms with Crippen molar-refractivity contribution in [3.05, 3.63) is 0 Å². The number of carboxylic acids is 1. The molecule has 3 N–H and O–H groups in total. The van der Waals surface area contributed by atoms with Crippen molar-refractivity contribution in [3.8, 4) is 0 Å². The first kappa shape index (κ1) is 9.38. The average molecular weight is 179 g/mol. The van der Waals surface area contributed by atoms with Crippen molar-refractivity contribution in [2.75, 3.05) is 6.54 Å². The van der Waals surface area contributed by atoms with E-state index in [2.05, 4.69) is 0 Å². The summed E-state index contributed by atoms with van der Waals surface area (Å²) in [5.41, 5.74) is 3.32. The fraction of sp³-hybridized carbons (Fsp3) is 0.857. The van der Waals surface area contributed by atoms with Crippen molar-refractivity contribution in [2.24, 2.45) is 11.1 Å². The second-order valence-corrected chi connectivity index (χ2v) is 3.16. The van der Waals surface area contributed by atoms with Crippen LogP contribution in [0.3, 0.4) is 0 Å². The summed E-state index contributed by atoms with van der Waals surface area (Å²) in [5, 5.41) is 8.55. The molecule has 1 fully saturated rings. The lowest BCUT2D eigenvalue weighted by atomic mass is 10.00. The highest BCUT2D eigenvalue weighted by molar-refractivity contribution is 5.80. The van der Waals surface area contributed by atoms with Gasteiger partial charge in [-0.2, -0.15) is 0 Å². The first-order valence-corrected chi connectivity index (χ1v) is 3.77. The molecule has 0 heterocycles. The van der Waals surface area contributed by atoms with E-state index in [0.717, 1.165) is 0 Å². The maximum Gasteiger partial charge on any atom is 0.316 e. The van der Waals surface area contributed by atoms with E-state index in [0.29, 0.717) is 6.42 Å². The van der Waals surface area contributed by atoms with Gasteiger partial charge in [0.1, 0.15) is 5.41 Å². The molecular formula is C7H11F2NO2.